The van der Waals surface area contributed by atoms with Crippen molar-refractivity contribution in [3.63, 3.8) is 0 Å². The van der Waals surface area contributed by atoms with Gasteiger partial charge in [0, 0.05) is 5.75 Å². The Balaban J connectivity index is 2.97. The quantitative estimate of drug-likeness (QED) is 0.329. The number of hydrogen-bond donors (Lipinski definition) is 0. The number of thioether (sulfide) groups is 1. The summed E-state index contributed by atoms with van der Waals surface area (Å²) in [6, 6.07) is 0. The van der Waals surface area contributed by atoms with Crippen molar-refractivity contribution in [3.05, 3.63) is 12.2 Å². The SMILES string of the molecule is CC#CCSC/C=C/C. The molecule has 0 aromatic rings. The van der Waals surface area contributed by atoms with Gasteiger partial charge in [0.1, 0.15) is 0 Å². The van der Waals surface area contributed by atoms with Gasteiger partial charge in [-0.2, -0.15) is 0 Å². The van der Waals surface area contributed by atoms with Crippen molar-refractivity contribution in [1.82, 2.24) is 0 Å². The predicted octanol–water partition coefficient (Wildman–Crippen LogP) is 2.32. The third-order valence-corrected chi connectivity index (χ3v) is 1.58. The molecule has 0 unspecified atom stereocenters. The van der Waals surface area contributed by atoms with E-state index < -0.39 is 0 Å². The van der Waals surface area contributed by atoms with Crippen LogP contribution in [0.5, 0.6) is 0 Å². The van der Waals surface area contributed by atoms with Crippen molar-refractivity contribution < 1.29 is 0 Å². The summed E-state index contributed by atoms with van der Waals surface area (Å²) in [4.78, 5) is 0. The van der Waals surface area contributed by atoms with Crippen LogP contribution in [0.2, 0.25) is 0 Å². The van der Waals surface area contributed by atoms with Gasteiger partial charge < -0.3 is 0 Å². The van der Waals surface area contributed by atoms with Crippen molar-refractivity contribution in [2.24, 2.45) is 0 Å². The minimum Gasteiger partial charge on any atom is -0.145 e. The summed E-state index contributed by atoms with van der Waals surface area (Å²) < 4.78 is 0. The normalized spacial score (nSPS) is 9.11. The highest BCUT2D eigenvalue weighted by molar-refractivity contribution is 7.99. The van der Waals surface area contributed by atoms with Crippen LogP contribution in [0.3, 0.4) is 0 Å². The standard InChI is InChI=1S/C8H12S/c1-3-5-7-9-8-6-4-2/h3,5H,7-8H2,1-2H3/b5-3+. The van der Waals surface area contributed by atoms with Gasteiger partial charge in [0.2, 0.25) is 0 Å². The molecule has 0 spiro atoms. The van der Waals surface area contributed by atoms with Crippen molar-refractivity contribution in [1.29, 1.82) is 0 Å². The average Bonchev–Trinajstić information content (AvgIpc) is 1.89. The molecule has 0 aliphatic heterocycles. The molecule has 0 amide bonds. The summed E-state index contributed by atoms with van der Waals surface area (Å²) in [5, 5.41) is 0. The average molecular weight is 140 g/mol. The van der Waals surface area contributed by atoms with Gasteiger partial charge in [0.05, 0.1) is 5.75 Å². The van der Waals surface area contributed by atoms with Crippen LogP contribution >= 0.6 is 11.8 Å². The monoisotopic (exact) mass is 140 g/mol. The Bertz CT molecular complexity index is 125. The van der Waals surface area contributed by atoms with E-state index in [9.17, 15) is 0 Å². The van der Waals surface area contributed by atoms with Gasteiger partial charge in [-0.05, 0) is 13.8 Å². The van der Waals surface area contributed by atoms with Gasteiger partial charge in [0.15, 0.2) is 0 Å². The highest BCUT2D eigenvalue weighted by Crippen LogP contribution is 1.97. The van der Waals surface area contributed by atoms with Crippen LogP contribution < -0.4 is 0 Å². The third kappa shape index (κ3) is 7.65. The van der Waals surface area contributed by atoms with Gasteiger partial charge in [-0.3, -0.25) is 0 Å². The fourth-order valence-corrected chi connectivity index (χ4v) is 1.04. The molecule has 0 rings (SSSR count). The molecule has 0 atom stereocenters. The number of allylic oxidation sites excluding steroid dienone is 1. The fraction of sp³-hybridized carbons (Fsp3) is 0.500. The maximum atomic E-state index is 2.99. The molecule has 0 saturated heterocycles. The lowest BCUT2D eigenvalue weighted by molar-refractivity contribution is 1.65. The van der Waals surface area contributed by atoms with E-state index in [2.05, 4.69) is 24.0 Å². The molecule has 0 aliphatic rings. The molecular weight excluding hydrogens is 128 g/mol. The molecule has 9 heavy (non-hydrogen) atoms. The van der Waals surface area contributed by atoms with E-state index in [-0.39, 0.29) is 0 Å². The van der Waals surface area contributed by atoms with Crippen LogP contribution in [0, 0.1) is 11.8 Å². The lowest BCUT2D eigenvalue weighted by Crippen LogP contribution is -1.72. The van der Waals surface area contributed by atoms with E-state index >= 15 is 0 Å². The molecular formula is C8H12S. The first-order chi connectivity index (χ1) is 4.41. The Hall–Kier alpha value is -0.350. The van der Waals surface area contributed by atoms with Gasteiger partial charge in [-0.15, -0.1) is 17.7 Å². The zero-order valence-corrected chi connectivity index (χ0v) is 6.79. The molecule has 0 fully saturated rings. The summed E-state index contributed by atoms with van der Waals surface area (Å²) in [6.45, 7) is 3.91. The first kappa shape index (κ1) is 8.65. The second-order valence-corrected chi connectivity index (χ2v) is 2.54. The van der Waals surface area contributed by atoms with Crippen LogP contribution in [0.1, 0.15) is 13.8 Å². The van der Waals surface area contributed by atoms with Crippen LogP contribution in [-0.4, -0.2) is 11.5 Å². The molecule has 0 saturated carbocycles. The number of hydrogen-bond acceptors (Lipinski definition) is 1. The van der Waals surface area contributed by atoms with Gasteiger partial charge in [0.25, 0.3) is 0 Å². The maximum Gasteiger partial charge on any atom is 0.0550 e. The first-order valence-corrected chi connectivity index (χ1v) is 4.15. The molecule has 0 aromatic heterocycles. The van der Waals surface area contributed by atoms with E-state index in [4.69, 9.17) is 0 Å². The first-order valence-electron chi connectivity index (χ1n) is 3.00. The van der Waals surface area contributed by atoms with Crippen molar-refractivity contribution in [3.8, 4) is 11.8 Å². The minimum absolute atomic E-state index is 0.959. The second-order valence-electron chi connectivity index (χ2n) is 1.51. The number of rotatable bonds is 3. The molecule has 0 aliphatic carbocycles. The third-order valence-electron chi connectivity index (χ3n) is 0.801. The minimum atomic E-state index is 0.959. The summed E-state index contributed by atoms with van der Waals surface area (Å²) in [5.41, 5.74) is 0. The molecule has 0 nitrogen and oxygen atoms in total. The molecule has 0 radical (unpaired) electrons. The molecule has 50 valence electrons. The van der Waals surface area contributed by atoms with Gasteiger partial charge in [-0.1, -0.05) is 18.1 Å². The van der Waals surface area contributed by atoms with Crippen molar-refractivity contribution in [2.75, 3.05) is 11.5 Å². The molecule has 0 N–H and O–H groups in total. The smallest absolute Gasteiger partial charge is 0.0550 e. The van der Waals surface area contributed by atoms with E-state index in [0.717, 1.165) is 11.5 Å². The zero-order chi connectivity index (χ0) is 6.95. The fourth-order valence-electron chi connectivity index (χ4n) is 0.346. The van der Waals surface area contributed by atoms with Crippen LogP contribution in [0.25, 0.3) is 0 Å². The van der Waals surface area contributed by atoms with Crippen molar-refractivity contribution >= 4 is 11.8 Å². The van der Waals surface area contributed by atoms with Crippen molar-refractivity contribution in [2.45, 2.75) is 13.8 Å². The Morgan fingerprint density at radius 1 is 1.56 bits per heavy atom. The van der Waals surface area contributed by atoms with Gasteiger partial charge >= 0.3 is 0 Å². The summed E-state index contributed by atoms with van der Waals surface area (Å²) in [7, 11) is 0. The molecule has 1 heteroatoms. The lowest BCUT2D eigenvalue weighted by atomic mass is 10.6. The topological polar surface area (TPSA) is 0 Å². The molecule has 0 aromatic carbocycles. The van der Waals surface area contributed by atoms with Crippen LogP contribution in [0.4, 0.5) is 0 Å². The van der Waals surface area contributed by atoms with E-state index in [1.165, 1.54) is 0 Å². The lowest BCUT2D eigenvalue weighted by Gasteiger charge is -1.85. The Kier molecular flexibility index (Phi) is 7.35. The van der Waals surface area contributed by atoms with E-state index in [1.807, 2.05) is 25.6 Å². The van der Waals surface area contributed by atoms with E-state index in [0.29, 0.717) is 0 Å². The summed E-state index contributed by atoms with van der Waals surface area (Å²) in [5.74, 6) is 7.88. The van der Waals surface area contributed by atoms with E-state index in [1.54, 1.807) is 0 Å². The maximum absolute atomic E-state index is 2.99. The Labute approximate surface area is 61.7 Å². The Morgan fingerprint density at radius 3 is 2.89 bits per heavy atom. The highest BCUT2D eigenvalue weighted by Gasteiger charge is 1.76. The predicted molar refractivity (Wildman–Crippen MR) is 45.6 cm³/mol. The summed E-state index contributed by atoms with van der Waals surface area (Å²) >= 11 is 1.84. The van der Waals surface area contributed by atoms with Gasteiger partial charge in [-0.25, -0.2) is 0 Å². The largest absolute Gasteiger partial charge is 0.145 e. The second kappa shape index (κ2) is 7.65. The highest BCUT2D eigenvalue weighted by atomic mass is 32.2. The Morgan fingerprint density at radius 2 is 2.33 bits per heavy atom. The molecule has 0 bridgehead atoms. The van der Waals surface area contributed by atoms with Crippen LogP contribution in [-0.2, 0) is 0 Å². The zero-order valence-electron chi connectivity index (χ0n) is 5.98. The summed E-state index contributed by atoms with van der Waals surface area (Å²) in [6.07, 6.45) is 4.20. The molecule has 0 heterocycles. The van der Waals surface area contributed by atoms with Crippen LogP contribution in [0.15, 0.2) is 12.2 Å².